The first kappa shape index (κ1) is 15.9. The van der Waals surface area contributed by atoms with Crippen LogP contribution in [0.1, 0.15) is 22.7 Å². The smallest absolute Gasteiger partial charge is 0.160 e. The number of ether oxygens (including phenoxy) is 2. The highest BCUT2D eigenvalue weighted by molar-refractivity contribution is 5.43. The van der Waals surface area contributed by atoms with Crippen LogP contribution in [-0.4, -0.2) is 39.3 Å². The average Bonchev–Trinajstić information content (AvgIpc) is 2.57. The Morgan fingerprint density at radius 3 is 2.48 bits per heavy atom. The maximum atomic E-state index is 5.46. The minimum absolute atomic E-state index is 0.470. The second-order valence-corrected chi connectivity index (χ2v) is 6.86. The Morgan fingerprint density at radius 1 is 1.00 bits per heavy atom. The van der Waals surface area contributed by atoms with Crippen LogP contribution in [0.15, 0.2) is 42.5 Å². The van der Waals surface area contributed by atoms with Crippen LogP contribution < -0.4 is 9.47 Å². The van der Waals surface area contributed by atoms with E-state index in [4.69, 9.17) is 9.47 Å². The van der Waals surface area contributed by atoms with Crippen molar-refractivity contribution in [2.75, 3.05) is 34.9 Å². The Bertz CT molecular complexity index is 694. The zero-order valence-corrected chi connectivity index (χ0v) is 14.5. The van der Waals surface area contributed by atoms with E-state index in [1.165, 1.54) is 23.2 Å². The van der Waals surface area contributed by atoms with Gasteiger partial charge in [0.15, 0.2) is 11.5 Å². The van der Waals surface area contributed by atoms with Gasteiger partial charge in [0, 0.05) is 18.4 Å². The number of nitrogens with zero attached hydrogens (tertiary/aromatic N) is 1. The predicted octanol–water partition coefficient (Wildman–Crippen LogP) is 3.62. The third-order valence-corrected chi connectivity index (χ3v) is 5.09. The third kappa shape index (κ3) is 3.06. The fraction of sp³-hybridized carbons (Fsp3) is 0.400. The van der Waals surface area contributed by atoms with Gasteiger partial charge in [-0.25, -0.2) is 0 Å². The summed E-state index contributed by atoms with van der Waals surface area (Å²) in [7, 11) is 8.04. The van der Waals surface area contributed by atoms with Crippen molar-refractivity contribution in [2.24, 2.45) is 0 Å². The lowest BCUT2D eigenvalue weighted by atomic mass is 9.87. The Balaban J connectivity index is 1.95. The normalized spacial score (nSPS) is 19.0. The first-order valence-corrected chi connectivity index (χ1v) is 8.16. The summed E-state index contributed by atoms with van der Waals surface area (Å²) in [4.78, 5) is 0. The number of fused-ring (bicyclic) bond motifs is 1. The molecule has 3 nitrogen and oxygen atoms in total. The van der Waals surface area contributed by atoms with Crippen molar-refractivity contribution in [3.05, 3.63) is 59.2 Å². The Kier molecular flexibility index (Phi) is 4.31. The van der Waals surface area contributed by atoms with Gasteiger partial charge in [0.1, 0.15) is 6.04 Å². The molecular formula is C20H26NO2+. The summed E-state index contributed by atoms with van der Waals surface area (Å²) in [5, 5.41) is 0. The second kappa shape index (κ2) is 6.25. The minimum atomic E-state index is 0.470. The lowest BCUT2D eigenvalue weighted by Gasteiger charge is -2.43. The standard InChI is InChI=1S/C20H26NO2/c1-21(2)12-11-16-7-5-6-8-17(16)18(21)13-15-9-10-19(22-3)20(14-15)23-4/h5-10,14,18H,11-13H2,1-4H3/q+1. The molecule has 0 saturated heterocycles. The SMILES string of the molecule is COc1ccc(CC2c3ccccc3CC[N+]2(C)C)cc1OC. The molecular weight excluding hydrogens is 286 g/mol. The molecule has 2 aromatic carbocycles. The van der Waals surface area contributed by atoms with E-state index in [0.717, 1.165) is 28.8 Å². The monoisotopic (exact) mass is 312 g/mol. The molecule has 1 aliphatic heterocycles. The number of quaternary nitrogens is 1. The van der Waals surface area contributed by atoms with Gasteiger partial charge in [-0.15, -0.1) is 0 Å². The third-order valence-electron chi connectivity index (χ3n) is 5.09. The highest BCUT2D eigenvalue weighted by Crippen LogP contribution is 2.37. The molecule has 122 valence electrons. The van der Waals surface area contributed by atoms with Crippen molar-refractivity contribution in [3.8, 4) is 11.5 Å². The second-order valence-electron chi connectivity index (χ2n) is 6.86. The molecule has 1 heterocycles. The summed E-state index contributed by atoms with van der Waals surface area (Å²) >= 11 is 0. The lowest BCUT2D eigenvalue weighted by molar-refractivity contribution is -0.923. The maximum absolute atomic E-state index is 5.46. The van der Waals surface area contributed by atoms with E-state index in [9.17, 15) is 0 Å². The summed E-state index contributed by atoms with van der Waals surface area (Å²) in [5.74, 6) is 1.59. The van der Waals surface area contributed by atoms with E-state index in [1.807, 2.05) is 6.07 Å². The maximum Gasteiger partial charge on any atom is 0.160 e. The van der Waals surface area contributed by atoms with Gasteiger partial charge in [0.2, 0.25) is 0 Å². The highest BCUT2D eigenvalue weighted by atomic mass is 16.5. The highest BCUT2D eigenvalue weighted by Gasteiger charge is 2.35. The zero-order chi connectivity index (χ0) is 16.4. The van der Waals surface area contributed by atoms with Crippen LogP contribution >= 0.6 is 0 Å². The number of methoxy groups -OCH3 is 2. The van der Waals surface area contributed by atoms with Gasteiger partial charge in [-0.3, -0.25) is 0 Å². The van der Waals surface area contributed by atoms with E-state index in [-0.39, 0.29) is 0 Å². The van der Waals surface area contributed by atoms with Crippen LogP contribution in [0.2, 0.25) is 0 Å². The van der Waals surface area contributed by atoms with Crippen LogP contribution in [0.5, 0.6) is 11.5 Å². The summed E-state index contributed by atoms with van der Waals surface area (Å²) in [6.07, 6.45) is 2.16. The molecule has 2 aromatic rings. The van der Waals surface area contributed by atoms with Crippen LogP contribution in [0.25, 0.3) is 0 Å². The number of hydrogen-bond acceptors (Lipinski definition) is 2. The molecule has 0 radical (unpaired) electrons. The topological polar surface area (TPSA) is 18.5 Å². The van der Waals surface area contributed by atoms with Gasteiger partial charge < -0.3 is 14.0 Å². The molecule has 3 heteroatoms. The molecule has 0 spiro atoms. The van der Waals surface area contributed by atoms with Crippen molar-refractivity contribution < 1.29 is 14.0 Å². The van der Waals surface area contributed by atoms with Crippen LogP contribution in [0, 0.1) is 0 Å². The lowest BCUT2D eigenvalue weighted by Crippen LogP contribution is -2.48. The van der Waals surface area contributed by atoms with E-state index in [2.05, 4.69) is 50.5 Å². The van der Waals surface area contributed by atoms with Crippen molar-refractivity contribution in [3.63, 3.8) is 0 Å². The van der Waals surface area contributed by atoms with Gasteiger partial charge in [0.25, 0.3) is 0 Å². The minimum Gasteiger partial charge on any atom is -0.493 e. The molecule has 23 heavy (non-hydrogen) atoms. The number of likely N-dealkylation sites (N-methyl/N-ethyl adjacent to an activating group) is 1. The molecule has 0 bridgehead atoms. The zero-order valence-electron chi connectivity index (χ0n) is 14.5. The molecule has 0 N–H and O–H groups in total. The van der Waals surface area contributed by atoms with E-state index >= 15 is 0 Å². The van der Waals surface area contributed by atoms with Gasteiger partial charge in [-0.2, -0.15) is 0 Å². The molecule has 0 saturated carbocycles. The Hall–Kier alpha value is -2.00. The van der Waals surface area contributed by atoms with Gasteiger partial charge in [-0.05, 0) is 23.3 Å². The average molecular weight is 312 g/mol. The molecule has 3 rings (SSSR count). The fourth-order valence-electron chi connectivity index (χ4n) is 3.62. The predicted molar refractivity (Wildman–Crippen MR) is 93.1 cm³/mol. The van der Waals surface area contributed by atoms with Crippen LogP contribution in [0.4, 0.5) is 0 Å². The van der Waals surface area contributed by atoms with Crippen molar-refractivity contribution in [1.29, 1.82) is 0 Å². The van der Waals surface area contributed by atoms with Crippen molar-refractivity contribution >= 4 is 0 Å². The molecule has 1 unspecified atom stereocenters. The first-order chi connectivity index (χ1) is 11.0. The van der Waals surface area contributed by atoms with E-state index in [0.29, 0.717) is 6.04 Å². The van der Waals surface area contributed by atoms with Crippen LogP contribution in [0.3, 0.4) is 0 Å². The molecule has 0 amide bonds. The summed E-state index contributed by atoms with van der Waals surface area (Å²) in [6, 6.07) is 15.6. The van der Waals surface area contributed by atoms with Crippen LogP contribution in [-0.2, 0) is 12.8 Å². The quantitative estimate of drug-likeness (QED) is 0.803. The fourth-order valence-corrected chi connectivity index (χ4v) is 3.62. The first-order valence-electron chi connectivity index (χ1n) is 8.16. The van der Waals surface area contributed by atoms with Gasteiger partial charge in [-0.1, -0.05) is 30.3 Å². The number of hydrogen-bond donors (Lipinski definition) is 0. The molecule has 0 fully saturated rings. The van der Waals surface area contributed by atoms with E-state index in [1.54, 1.807) is 14.2 Å². The van der Waals surface area contributed by atoms with Gasteiger partial charge >= 0.3 is 0 Å². The van der Waals surface area contributed by atoms with Crippen molar-refractivity contribution in [2.45, 2.75) is 18.9 Å². The molecule has 1 atom stereocenters. The van der Waals surface area contributed by atoms with Crippen molar-refractivity contribution in [1.82, 2.24) is 0 Å². The summed E-state index contributed by atoms with van der Waals surface area (Å²) < 4.78 is 11.8. The largest absolute Gasteiger partial charge is 0.493 e. The summed E-state index contributed by atoms with van der Waals surface area (Å²) in [6.45, 7) is 1.18. The Labute approximate surface area is 139 Å². The molecule has 0 aromatic heterocycles. The Morgan fingerprint density at radius 2 is 1.74 bits per heavy atom. The molecule has 1 aliphatic rings. The molecule has 0 aliphatic carbocycles. The van der Waals surface area contributed by atoms with Gasteiger partial charge in [0.05, 0.1) is 34.9 Å². The number of benzene rings is 2. The summed E-state index contributed by atoms with van der Waals surface area (Å²) in [5.41, 5.74) is 4.27. The number of rotatable bonds is 4. The van der Waals surface area contributed by atoms with E-state index < -0.39 is 0 Å².